The lowest BCUT2D eigenvalue weighted by molar-refractivity contribution is -0.120. The summed E-state index contributed by atoms with van der Waals surface area (Å²) >= 11 is 6.42. The van der Waals surface area contributed by atoms with Crippen molar-refractivity contribution in [1.29, 1.82) is 0 Å². The van der Waals surface area contributed by atoms with Gasteiger partial charge in [-0.3, -0.25) is 9.69 Å². The van der Waals surface area contributed by atoms with Crippen LogP contribution in [0.1, 0.15) is 31.1 Å². The van der Waals surface area contributed by atoms with E-state index in [0.717, 1.165) is 35.0 Å². The number of nitrogens with zero attached hydrogens (tertiary/aromatic N) is 3. The van der Waals surface area contributed by atoms with Crippen molar-refractivity contribution < 1.29 is 4.79 Å². The molecule has 1 atom stereocenters. The minimum absolute atomic E-state index is 0.0392. The molecule has 3 aromatic rings. The van der Waals surface area contributed by atoms with Gasteiger partial charge in [0.2, 0.25) is 5.91 Å². The van der Waals surface area contributed by atoms with Gasteiger partial charge in [0, 0.05) is 24.0 Å². The summed E-state index contributed by atoms with van der Waals surface area (Å²) in [6.45, 7) is 6.51. The molecule has 5 nitrogen and oxygen atoms in total. The summed E-state index contributed by atoms with van der Waals surface area (Å²) in [7, 11) is 0. The predicted octanol–water partition coefficient (Wildman–Crippen LogP) is 3.73. The molecule has 1 N–H and O–H groups in total. The second-order valence-corrected chi connectivity index (χ2v) is 6.84. The number of carbonyl (C=O) groups excluding carboxylic acids is 1. The van der Waals surface area contributed by atoms with Crippen LogP contribution in [0.5, 0.6) is 0 Å². The number of rotatable bonds is 8. The number of hydrogen-bond acceptors (Lipinski definition) is 3. The molecule has 0 aliphatic rings. The van der Waals surface area contributed by atoms with E-state index in [-0.39, 0.29) is 18.4 Å². The zero-order valence-corrected chi connectivity index (χ0v) is 16.5. The van der Waals surface area contributed by atoms with Gasteiger partial charge in [-0.05, 0) is 36.9 Å². The summed E-state index contributed by atoms with van der Waals surface area (Å²) in [5, 5.41) is 3.79. The number of likely N-dealkylation sites (N-methyl/N-ethyl adjacent to an activating group) is 1. The van der Waals surface area contributed by atoms with Gasteiger partial charge in [0.15, 0.2) is 0 Å². The van der Waals surface area contributed by atoms with Gasteiger partial charge in [-0.1, -0.05) is 49.7 Å². The number of halogens is 1. The molecular formula is C21H25ClN4O. The topological polar surface area (TPSA) is 49.6 Å². The van der Waals surface area contributed by atoms with Crippen LogP contribution < -0.4 is 5.32 Å². The number of fused-ring (bicyclic) bond motifs is 1. The highest BCUT2D eigenvalue weighted by Gasteiger charge is 2.21. The summed E-state index contributed by atoms with van der Waals surface area (Å²) < 4.78 is 1.92. The van der Waals surface area contributed by atoms with Crippen LogP contribution in [0.3, 0.4) is 0 Å². The van der Waals surface area contributed by atoms with Crippen LogP contribution in [-0.2, 0) is 11.2 Å². The van der Waals surface area contributed by atoms with E-state index in [4.69, 9.17) is 11.6 Å². The monoisotopic (exact) mass is 384 g/mol. The Morgan fingerprint density at radius 2 is 1.93 bits per heavy atom. The fourth-order valence-electron chi connectivity index (χ4n) is 3.36. The van der Waals surface area contributed by atoms with Crippen LogP contribution in [0.25, 0.3) is 5.65 Å². The molecule has 27 heavy (non-hydrogen) atoms. The normalized spacial score (nSPS) is 12.4. The van der Waals surface area contributed by atoms with Crippen molar-refractivity contribution >= 4 is 23.2 Å². The Hall–Kier alpha value is -2.37. The molecule has 2 heterocycles. The maximum atomic E-state index is 12.5. The average molecular weight is 385 g/mol. The second-order valence-electron chi connectivity index (χ2n) is 6.44. The highest BCUT2D eigenvalue weighted by molar-refractivity contribution is 6.31. The zero-order chi connectivity index (χ0) is 19.2. The molecule has 6 heteroatoms. The largest absolute Gasteiger partial charge is 0.354 e. The lowest BCUT2D eigenvalue weighted by atomic mass is 10.0. The van der Waals surface area contributed by atoms with Crippen LogP contribution in [0.15, 0.2) is 54.9 Å². The van der Waals surface area contributed by atoms with Gasteiger partial charge in [0.05, 0.1) is 18.2 Å². The highest BCUT2D eigenvalue weighted by atomic mass is 35.5. The van der Waals surface area contributed by atoms with Crippen molar-refractivity contribution in [2.75, 3.05) is 19.6 Å². The van der Waals surface area contributed by atoms with E-state index in [0.29, 0.717) is 6.54 Å². The number of benzene rings is 1. The lowest BCUT2D eigenvalue weighted by Crippen LogP contribution is -2.38. The Balaban J connectivity index is 1.69. The van der Waals surface area contributed by atoms with Crippen LogP contribution in [0.2, 0.25) is 5.02 Å². The van der Waals surface area contributed by atoms with E-state index >= 15 is 0 Å². The SMILES string of the molecule is CCN(CC)C(CNC(=O)Cc1cn2ccccc2n1)c1ccccc1Cl. The predicted molar refractivity (Wildman–Crippen MR) is 109 cm³/mol. The molecule has 142 valence electrons. The first-order valence-corrected chi connectivity index (χ1v) is 9.68. The maximum Gasteiger partial charge on any atom is 0.226 e. The van der Waals surface area contributed by atoms with E-state index in [1.165, 1.54) is 0 Å². The molecule has 1 unspecified atom stereocenters. The Labute approximate surface area is 165 Å². The number of aromatic nitrogens is 2. The first-order chi connectivity index (χ1) is 13.1. The molecule has 0 radical (unpaired) electrons. The van der Waals surface area contributed by atoms with Crippen LogP contribution >= 0.6 is 11.6 Å². The number of pyridine rings is 1. The third kappa shape index (κ3) is 4.67. The maximum absolute atomic E-state index is 12.5. The van der Waals surface area contributed by atoms with Crippen molar-refractivity contribution in [3.63, 3.8) is 0 Å². The van der Waals surface area contributed by atoms with Crippen molar-refractivity contribution in [3.05, 3.63) is 71.1 Å². The summed E-state index contributed by atoms with van der Waals surface area (Å²) in [4.78, 5) is 19.3. The molecule has 0 saturated heterocycles. The van der Waals surface area contributed by atoms with E-state index in [1.54, 1.807) is 0 Å². The van der Waals surface area contributed by atoms with Crippen molar-refractivity contribution in [2.45, 2.75) is 26.3 Å². The molecule has 0 spiro atoms. The van der Waals surface area contributed by atoms with E-state index in [9.17, 15) is 4.79 Å². The first kappa shape index (κ1) is 19.4. The van der Waals surface area contributed by atoms with Gasteiger partial charge in [-0.2, -0.15) is 0 Å². The molecule has 0 aliphatic carbocycles. The molecule has 1 aromatic carbocycles. The van der Waals surface area contributed by atoms with E-state index in [2.05, 4.69) is 29.0 Å². The Morgan fingerprint density at radius 3 is 2.63 bits per heavy atom. The standard InChI is InChI=1S/C21H25ClN4O/c1-3-25(4-2)19(17-9-5-6-10-18(17)22)14-23-21(27)13-16-15-26-12-8-7-11-20(26)24-16/h5-12,15,19H,3-4,13-14H2,1-2H3,(H,23,27). The van der Waals surface area contributed by atoms with E-state index in [1.807, 2.05) is 59.3 Å². The molecule has 0 fully saturated rings. The van der Waals surface area contributed by atoms with Gasteiger partial charge >= 0.3 is 0 Å². The van der Waals surface area contributed by atoms with Crippen LogP contribution in [0, 0.1) is 0 Å². The summed E-state index contributed by atoms with van der Waals surface area (Å²) in [5.74, 6) is -0.0392. The minimum Gasteiger partial charge on any atom is -0.354 e. The quantitative estimate of drug-likeness (QED) is 0.643. The number of nitrogens with one attached hydrogen (secondary N) is 1. The zero-order valence-electron chi connectivity index (χ0n) is 15.7. The van der Waals surface area contributed by atoms with Crippen molar-refractivity contribution in [3.8, 4) is 0 Å². The number of hydrogen-bond donors (Lipinski definition) is 1. The molecular weight excluding hydrogens is 360 g/mol. The smallest absolute Gasteiger partial charge is 0.226 e. The Bertz CT molecular complexity index is 871. The molecule has 0 saturated carbocycles. The summed E-state index contributed by atoms with van der Waals surface area (Å²) in [5.41, 5.74) is 2.64. The van der Waals surface area contributed by atoms with Gasteiger partial charge in [0.25, 0.3) is 0 Å². The summed E-state index contributed by atoms with van der Waals surface area (Å²) in [6, 6.07) is 13.7. The highest BCUT2D eigenvalue weighted by Crippen LogP contribution is 2.27. The van der Waals surface area contributed by atoms with E-state index < -0.39 is 0 Å². The summed E-state index contributed by atoms with van der Waals surface area (Å²) in [6.07, 6.45) is 4.08. The Kier molecular flexibility index (Phi) is 6.48. The van der Waals surface area contributed by atoms with Crippen LogP contribution in [0.4, 0.5) is 0 Å². The first-order valence-electron chi connectivity index (χ1n) is 9.30. The fraction of sp³-hybridized carbons (Fsp3) is 0.333. The number of imidazole rings is 1. The molecule has 2 aromatic heterocycles. The van der Waals surface area contributed by atoms with Crippen LogP contribution in [-0.4, -0.2) is 39.8 Å². The van der Waals surface area contributed by atoms with Crippen molar-refractivity contribution in [1.82, 2.24) is 19.6 Å². The Morgan fingerprint density at radius 1 is 1.19 bits per heavy atom. The molecule has 1 amide bonds. The van der Waals surface area contributed by atoms with Gasteiger partial charge < -0.3 is 9.72 Å². The van der Waals surface area contributed by atoms with Crippen molar-refractivity contribution in [2.24, 2.45) is 0 Å². The molecule has 3 rings (SSSR count). The minimum atomic E-state index is -0.0392. The van der Waals surface area contributed by atoms with Gasteiger partial charge in [0.1, 0.15) is 5.65 Å². The van der Waals surface area contributed by atoms with Gasteiger partial charge in [-0.15, -0.1) is 0 Å². The lowest BCUT2D eigenvalue weighted by Gasteiger charge is -2.30. The number of carbonyl (C=O) groups is 1. The number of amides is 1. The fourth-order valence-corrected chi connectivity index (χ4v) is 3.62. The molecule has 0 bridgehead atoms. The molecule has 0 aliphatic heterocycles. The van der Waals surface area contributed by atoms with Gasteiger partial charge in [-0.25, -0.2) is 4.98 Å². The second kappa shape index (κ2) is 9.02. The average Bonchev–Trinajstić information content (AvgIpc) is 3.08. The third-order valence-corrected chi connectivity index (χ3v) is 5.11. The third-order valence-electron chi connectivity index (χ3n) is 4.77.